The number of nitrogens with zero attached hydrogens (tertiary/aromatic N) is 2. The molecule has 1 fully saturated rings. The third kappa shape index (κ3) is 5.12. The van der Waals surface area contributed by atoms with Gasteiger partial charge in [0.05, 0.1) is 30.3 Å². The van der Waals surface area contributed by atoms with Crippen LogP contribution < -0.4 is 10.1 Å². The van der Waals surface area contributed by atoms with Crippen molar-refractivity contribution in [3.63, 3.8) is 0 Å². The highest BCUT2D eigenvalue weighted by molar-refractivity contribution is 5.87. The van der Waals surface area contributed by atoms with Crippen LogP contribution in [0.15, 0.2) is 42.6 Å². The number of ether oxygens (including phenoxy) is 1. The number of carbonyl (C=O) groups is 2. The molecule has 1 saturated heterocycles. The van der Waals surface area contributed by atoms with Gasteiger partial charge < -0.3 is 20.1 Å². The van der Waals surface area contributed by atoms with Crippen LogP contribution in [0.2, 0.25) is 0 Å². The van der Waals surface area contributed by atoms with Crippen molar-refractivity contribution in [3.8, 4) is 5.75 Å². The van der Waals surface area contributed by atoms with Crippen molar-refractivity contribution in [1.29, 1.82) is 0 Å². The van der Waals surface area contributed by atoms with Gasteiger partial charge in [-0.15, -0.1) is 0 Å². The number of piperidine rings is 1. The molecule has 3 rings (SSSR count). The Labute approximate surface area is 170 Å². The number of hydrogen-bond acceptors (Lipinski definition) is 5. The number of carbonyl (C=O) groups excluding carboxylic acids is 1. The zero-order chi connectivity index (χ0) is 20.8. The van der Waals surface area contributed by atoms with Gasteiger partial charge in [-0.1, -0.05) is 12.1 Å². The van der Waals surface area contributed by atoms with Gasteiger partial charge in [-0.2, -0.15) is 0 Å². The molecule has 2 atom stereocenters. The lowest BCUT2D eigenvalue weighted by molar-refractivity contribution is -0.140. The van der Waals surface area contributed by atoms with Gasteiger partial charge in [-0.25, -0.2) is 4.79 Å². The topological polar surface area (TPSA) is 91.8 Å². The van der Waals surface area contributed by atoms with Gasteiger partial charge in [0.25, 0.3) is 0 Å². The van der Waals surface area contributed by atoms with E-state index >= 15 is 0 Å². The fraction of sp³-hybridized carbons (Fsp3) is 0.409. The maximum absolute atomic E-state index is 13.0. The molecule has 2 N–H and O–H groups in total. The summed E-state index contributed by atoms with van der Waals surface area (Å²) >= 11 is 0. The standard InChI is InChI=1S/C22H27N3O4/c1-15(16-5-7-20(29-2)8-6-16)25-11-3-4-18(21(25)26)13-23-14-19-12-17(22(27)28)9-10-24-19/h5-10,12,15,18,23H,3-4,11,13-14H2,1-2H3,(H,27,28)/t15?,18-/m1/s1. The van der Waals surface area contributed by atoms with Gasteiger partial charge in [0.1, 0.15) is 5.75 Å². The van der Waals surface area contributed by atoms with E-state index in [1.807, 2.05) is 29.2 Å². The Balaban J connectivity index is 1.57. The minimum absolute atomic E-state index is 0.00474. The molecular weight excluding hydrogens is 370 g/mol. The van der Waals surface area contributed by atoms with E-state index in [1.165, 1.54) is 12.3 Å². The monoisotopic (exact) mass is 397 g/mol. The van der Waals surface area contributed by atoms with Gasteiger partial charge >= 0.3 is 5.97 Å². The number of hydrogen-bond donors (Lipinski definition) is 2. The second-order valence-corrected chi connectivity index (χ2v) is 7.29. The quantitative estimate of drug-likeness (QED) is 0.712. The summed E-state index contributed by atoms with van der Waals surface area (Å²) in [4.78, 5) is 30.2. The highest BCUT2D eigenvalue weighted by atomic mass is 16.5. The predicted octanol–water partition coefficient (Wildman–Crippen LogP) is 2.88. The number of likely N-dealkylation sites (tertiary alicyclic amines) is 1. The van der Waals surface area contributed by atoms with Crippen LogP contribution in [-0.2, 0) is 11.3 Å². The molecular formula is C22H27N3O4. The molecule has 1 amide bonds. The summed E-state index contributed by atoms with van der Waals surface area (Å²) in [7, 11) is 1.64. The molecule has 2 heterocycles. The molecule has 1 aromatic heterocycles. The van der Waals surface area contributed by atoms with Gasteiger partial charge in [-0.3, -0.25) is 9.78 Å². The SMILES string of the molecule is COc1ccc(C(C)N2CCC[C@H](CNCc3cc(C(=O)O)ccn3)C2=O)cc1. The zero-order valence-corrected chi connectivity index (χ0v) is 16.8. The first-order chi connectivity index (χ1) is 14.0. The number of carboxylic acids is 1. The lowest BCUT2D eigenvalue weighted by Crippen LogP contribution is -2.45. The second kappa shape index (κ2) is 9.52. The van der Waals surface area contributed by atoms with Crippen molar-refractivity contribution in [2.24, 2.45) is 5.92 Å². The maximum atomic E-state index is 13.0. The number of benzene rings is 1. The fourth-order valence-corrected chi connectivity index (χ4v) is 3.69. The third-order valence-corrected chi connectivity index (χ3v) is 5.41. The van der Waals surface area contributed by atoms with Crippen LogP contribution in [0.25, 0.3) is 0 Å². The molecule has 1 aliphatic rings. The maximum Gasteiger partial charge on any atom is 0.335 e. The number of carboxylic acid groups (broad SMARTS) is 1. The van der Waals surface area contributed by atoms with Crippen LogP contribution in [0.4, 0.5) is 0 Å². The van der Waals surface area contributed by atoms with Gasteiger partial charge in [0.2, 0.25) is 5.91 Å². The zero-order valence-electron chi connectivity index (χ0n) is 16.8. The molecule has 7 nitrogen and oxygen atoms in total. The molecule has 0 bridgehead atoms. The van der Waals surface area contributed by atoms with Crippen molar-refractivity contribution < 1.29 is 19.4 Å². The predicted molar refractivity (Wildman–Crippen MR) is 109 cm³/mol. The number of aromatic carboxylic acids is 1. The van der Waals surface area contributed by atoms with Crippen LogP contribution in [0, 0.1) is 5.92 Å². The van der Waals surface area contributed by atoms with E-state index in [-0.39, 0.29) is 23.4 Å². The van der Waals surface area contributed by atoms with E-state index in [9.17, 15) is 9.59 Å². The first-order valence-electron chi connectivity index (χ1n) is 9.83. The number of pyridine rings is 1. The Kier molecular flexibility index (Phi) is 6.82. The van der Waals surface area contributed by atoms with E-state index in [2.05, 4.69) is 17.2 Å². The van der Waals surface area contributed by atoms with Crippen molar-refractivity contribution >= 4 is 11.9 Å². The molecule has 0 spiro atoms. The van der Waals surface area contributed by atoms with Crippen LogP contribution in [-0.4, -0.2) is 47.1 Å². The molecule has 0 saturated carbocycles. The minimum Gasteiger partial charge on any atom is -0.497 e. The Morgan fingerprint density at radius 3 is 2.79 bits per heavy atom. The minimum atomic E-state index is -0.973. The number of nitrogens with one attached hydrogen (secondary N) is 1. The van der Waals surface area contributed by atoms with E-state index in [0.717, 1.165) is 30.7 Å². The smallest absolute Gasteiger partial charge is 0.335 e. The van der Waals surface area contributed by atoms with E-state index in [0.29, 0.717) is 18.8 Å². The molecule has 29 heavy (non-hydrogen) atoms. The molecule has 154 valence electrons. The largest absolute Gasteiger partial charge is 0.497 e. The van der Waals surface area contributed by atoms with Crippen molar-refractivity contribution in [2.45, 2.75) is 32.4 Å². The lowest BCUT2D eigenvalue weighted by Gasteiger charge is -2.37. The molecule has 0 radical (unpaired) electrons. The van der Waals surface area contributed by atoms with Crippen molar-refractivity contribution in [3.05, 3.63) is 59.4 Å². The number of methoxy groups -OCH3 is 1. The fourth-order valence-electron chi connectivity index (χ4n) is 3.69. The van der Waals surface area contributed by atoms with E-state index < -0.39 is 5.97 Å². The third-order valence-electron chi connectivity index (χ3n) is 5.41. The first kappa shape index (κ1) is 20.8. The molecule has 1 aliphatic heterocycles. The molecule has 1 unspecified atom stereocenters. The number of amides is 1. The van der Waals surface area contributed by atoms with Gasteiger partial charge in [0, 0.05) is 25.8 Å². The summed E-state index contributed by atoms with van der Waals surface area (Å²) in [6.45, 7) is 3.78. The lowest BCUT2D eigenvalue weighted by atomic mass is 9.94. The number of aromatic nitrogens is 1. The summed E-state index contributed by atoms with van der Waals surface area (Å²) in [5.41, 5.74) is 1.95. The Hall–Kier alpha value is -2.93. The van der Waals surface area contributed by atoms with Crippen LogP contribution in [0.1, 0.15) is 47.4 Å². The Morgan fingerprint density at radius 2 is 2.10 bits per heavy atom. The summed E-state index contributed by atoms with van der Waals surface area (Å²) < 4.78 is 5.21. The first-order valence-corrected chi connectivity index (χ1v) is 9.83. The van der Waals surface area contributed by atoms with Crippen molar-refractivity contribution in [2.75, 3.05) is 20.2 Å². The van der Waals surface area contributed by atoms with Crippen molar-refractivity contribution in [1.82, 2.24) is 15.2 Å². The van der Waals surface area contributed by atoms with E-state index in [4.69, 9.17) is 9.84 Å². The van der Waals surface area contributed by atoms with Gasteiger partial charge in [0.15, 0.2) is 0 Å². The van der Waals surface area contributed by atoms with E-state index in [1.54, 1.807) is 13.2 Å². The second-order valence-electron chi connectivity index (χ2n) is 7.29. The van der Waals surface area contributed by atoms with Crippen LogP contribution in [0.5, 0.6) is 5.75 Å². The highest BCUT2D eigenvalue weighted by Crippen LogP contribution is 2.28. The van der Waals surface area contributed by atoms with Crippen LogP contribution >= 0.6 is 0 Å². The molecule has 0 aliphatic carbocycles. The number of rotatable bonds is 8. The van der Waals surface area contributed by atoms with Crippen LogP contribution in [0.3, 0.4) is 0 Å². The van der Waals surface area contributed by atoms with Gasteiger partial charge in [-0.05, 0) is 49.6 Å². The molecule has 1 aromatic carbocycles. The average molecular weight is 397 g/mol. The summed E-state index contributed by atoms with van der Waals surface area (Å²) in [5, 5.41) is 12.3. The normalized spacial score (nSPS) is 17.8. The molecule has 2 aromatic rings. The summed E-state index contributed by atoms with van der Waals surface area (Å²) in [6, 6.07) is 10.9. The molecule has 7 heteroatoms. The average Bonchev–Trinajstić information content (AvgIpc) is 2.75. The Morgan fingerprint density at radius 1 is 1.34 bits per heavy atom. The highest BCUT2D eigenvalue weighted by Gasteiger charge is 2.31. The Bertz CT molecular complexity index is 853. The summed E-state index contributed by atoms with van der Waals surface area (Å²) in [5.74, 6) is -0.112. The summed E-state index contributed by atoms with van der Waals surface area (Å²) in [6.07, 6.45) is 3.30.